The second-order valence-corrected chi connectivity index (χ2v) is 6.19. The zero-order valence-corrected chi connectivity index (χ0v) is 13.5. The van der Waals surface area contributed by atoms with Crippen molar-refractivity contribution in [1.29, 1.82) is 0 Å². The molecule has 0 spiro atoms. The lowest BCUT2D eigenvalue weighted by Gasteiger charge is -2.31. The minimum atomic E-state index is 0.00829. The Labute approximate surface area is 135 Å². The van der Waals surface area contributed by atoms with Gasteiger partial charge in [-0.25, -0.2) is 4.79 Å². The van der Waals surface area contributed by atoms with E-state index in [-0.39, 0.29) is 18.0 Å². The molecule has 0 atom stereocenters. The molecule has 0 aliphatic carbocycles. The van der Waals surface area contributed by atoms with Crippen molar-refractivity contribution in [3.05, 3.63) is 36.2 Å². The van der Waals surface area contributed by atoms with Crippen LogP contribution >= 0.6 is 0 Å². The molecular formula is C17H22N4O2. The number of amides is 2. The summed E-state index contributed by atoms with van der Waals surface area (Å²) in [6.07, 6.45) is 1.70. The lowest BCUT2D eigenvalue weighted by atomic mass is 9.97. The maximum atomic E-state index is 12.0. The summed E-state index contributed by atoms with van der Waals surface area (Å²) in [7, 11) is 0. The molecule has 1 saturated heterocycles. The number of piperidine rings is 1. The van der Waals surface area contributed by atoms with Crippen LogP contribution in [0.1, 0.15) is 38.5 Å². The Morgan fingerprint density at radius 2 is 1.96 bits per heavy atom. The number of hydrogen-bond donors (Lipinski definition) is 1. The van der Waals surface area contributed by atoms with Gasteiger partial charge in [-0.2, -0.15) is 4.98 Å². The van der Waals surface area contributed by atoms with Gasteiger partial charge in [0.2, 0.25) is 11.7 Å². The number of carbonyl (C=O) groups is 1. The van der Waals surface area contributed by atoms with Crippen LogP contribution in [0.2, 0.25) is 0 Å². The molecule has 6 nitrogen and oxygen atoms in total. The van der Waals surface area contributed by atoms with Gasteiger partial charge in [0.1, 0.15) is 0 Å². The van der Waals surface area contributed by atoms with E-state index in [4.69, 9.17) is 4.52 Å². The van der Waals surface area contributed by atoms with Gasteiger partial charge in [0.15, 0.2) is 0 Å². The van der Waals surface area contributed by atoms with Crippen LogP contribution < -0.4 is 5.32 Å². The molecule has 0 radical (unpaired) electrons. The molecule has 1 aromatic carbocycles. The molecule has 23 heavy (non-hydrogen) atoms. The number of rotatable bonds is 3. The molecule has 1 aliphatic heterocycles. The molecule has 1 aromatic heterocycles. The number of likely N-dealkylation sites (tertiary alicyclic amines) is 1. The van der Waals surface area contributed by atoms with E-state index >= 15 is 0 Å². The average molecular weight is 314 g/mol. The summed E-state index contributed by atoms with van der Waals surface area (Å²) in [5, 5.41) is 7.00. The van der Waals surface area contributed by atoms with Crippen LogP contribution in [0.25, 0.3) is 11.4 Å². The molecule has 6 heteroatoms. The molecule has 0 bridgehead atoms. The van der Waals surface area contributed by atoms with E-state index in [2.05, 4.69) is 15.5 Å². The average Bonchev–Trinajstić information content (AvgIpc) is 3.05. The van der Waals surface area contributed by atoms with Gasteiger partial charge in [-0.05, 0) is 26.7 Å². The molecule has 2 aromatic rings. The van der Waals surface area contributed by atoms with Crippen molar-refractivity contribution in [1.82, 2.24) is 20.4 Å². The van der Waals surface area contributed by atoms with E-state index in [0.29, 0.717) is 24.8 Å². The molecule has 122 valence electrons. The maximum Gasteiger partial charge on any atom is 0.317 e. The molecule has 0 saturated carbocycles. The smallest absolute Gasteiger partial charge is 0.317 e. The Hall–Kier alpha value is -2.37. The number of urea groups is 1. The predicted octanol–water partition coefficient (Wildman–Crippen LogP) is 3.03. The van der Waals surface area contributed by atoms with Crippen molar-refractivity contribution in [2.75, 3.05) is 13.1 Å². The fourth-order valence-corrected chi connectivity index (χ4v) is 2.77. The minimum Gasteiger partial charge on any atom is -0.339 e. The fourth-order valence-electron chi connectivity index (χ4n) is 2.77. The molecule has 2 amide bonds. The molecule has 2 heterocycles. The highest BCUT2D eigenvalue weighted by molar-refractivity contribution is 5.74. The highest BCUT2D eigenvalue weighted by Gasteiger charge is 2.27. The van der Waals surface area contributed by atoms with Crippen molar-refractivity contribution < 1.29 is 9.32 Å². The van der Waals surface area contributed by atoms with Gasteiger partial charge in [0.05, 0.1) is 0 Å². The monoisotopic (exact) mass is 314 g/mol. The summed E-state index contributed by atoms with van der Waals surface area (Å²) in [6, 6.07) is 9.97. The summed E-state index contributed by atoms with van der Waals surface area (Å²) in [5.74, 6) is 1.52. The van der Waals surface area contributed by atoms with Crippen LogP contribution in [-0.4, -0.2) is 40.2 Å². The van der Waals surface area contributed by atoms with Gasteiger partial charge >= 0.3 is 6.03 Å². The zero-order valence-electron chi connectivity index (χ0n) is 13.5. The van der Waals surface area contributed by atoms with E-state index in [0.717, 1.165) is 18.4 Å². The first-order valence-corrected chi connectivity index (χ1v) is 8.08. The van der Waals surface area contributed by atoms with Crippen LogP contribution in [0.5, 0.6) is 0 Å². The third-order valence-corrected chi connectivity index (χ3v) is 4.02. The summed E-state index contributed by atoms with van der Waals surface area (Å²) >= 11 is 0. The van der Waals surface area contributed by atoms with Crippen LogP contribution in [0, 0.1) is 0 Å². The highest BCUT2D eigenvalue weighted by atomic mass is 16.5. The van der Waals surface area contributed by atoms with Crippen molar-refractivity contribution >= 4 is 6.03 Å². The highest BCUT2D eigenvalue weighted by Crippen LogP contribution is 2.28. The van der Waals surface area contributed by atoms with Gasteiger partial charge in [-0.3, -0.25) is 0 Å². The lowest BCUT2D eigenvalue weighted by molar-refractivity contribution is 0.173. The molecular weight excluding hydrogens is 292 g/mol. The summed E-state index contributed by atoms with van der Waals surface area (Å²) in [5.41, 5.74) is 0.955. The van der Waals surface area contributed by atoms with Crippen LogP contribution in [0.3, 0.4) is 0 Å². The van der Waals surface area contributed by atoms with Gasteiger partial charge < -0.3 is 14.7 Å². The molecule has 1 aliphatic rings. The summed E-state index contributed by atoms with van der Waals surface area (Å²) in [4.78, 5) is 18.4. The SMILES string of the molecule is CC(C)NC(=O)N1CCC(c2nc(-c3ccccc3)no2)CC1. The van der Waals surface area contributed by atoms with Gasteiger partial charge in [-0.1, -0.05) is 35.5 Å². The Kier molecular flexibility index (Phi) is 4.60. The maximum absolute atomic E-state index is 12.0. The number of hydrogen-bond acceptors (Lipinski definition) is 4. The number of aromatic nitrogens is 2. The summed E-state index contributed by atoms with van der Waals surface area (Å²) < 4.78 is 5.44. The third kappa shape index (κ3) is 3.70. The Bertz CT molecular complexity index is 646. The van der Waals surface area contributed by atoms with Crippen molar-refractivity contribution in [3.63, 3.8) is 0 Å². The Morgan fingerprint density at radius 1 is 1.26 bits per heavy atom. The van der Waals surface area contributed by atoms with E-state index in [1.54, 1.807) is 0 Å². The molecule has 3 rings (SSSR count). The van der Waals surface area contributed by atoms with Gasteiger partial charge in [0, 0.05) is 30.6 Å². The predicted molar refractivity (Wildman–Crippen MR) is 86.9 cm³/mol. The summed E-state index contributed by atoms with van der Waals surface area (Å²) in [6.45, 7) is 5.36. The normalized spacial score (nSPS) is 15.9. The van der Waals surface area contributed by atoms with Gasteiger partial charge in [0.25, 0.3) is 0 Å². The standard InChI is InChI=1S/C17H22N4O2/c1-12(2)18-17(22)21-10-8-14(9-11-21)16-19-15(20-23-16)13-6-4-3-5-7-13/h3-7,12,14H,8-11H2,1-2H3,(H,18,22). The number of nitrogens with one attached hydrogen (secondary N) is 1. The van der Waals surface area contributed by atoms with Crippen molar-refractivity contribution in [2.45, 2.75) is 38.6 Å². The fraction of sp³-hybridized carbons (Fsp3) is 0.471. The molecule has 0 unspecified atom stereocenters. The third-order valence-electron chi connectivity index (χ3n) is 4.02. The molecule has 1 fully saturated rings. The van der Waals surface area contributed by atoms with Crippen LogP contribution in [0.15, 0.2) is 34.9 Å². The van der Waals surface area contributed by atoms with E-state index in [9.17, 15) is 4.79 Å². The lowest BCUT2D eigenvalue weighted by Crippen LogP contribution is -2.46. The van der Waals surface area contributed by atoms with Crippen molar-refractivity contribution in [3.8, 4) is 11.4 Å². The molecule has 1 N–H and O–H groups in total. The quantitative estimate of drug-likeness (QED) is 0.945. The first kappa shape index (κ1) is 15.5. The second-order valence-electron chi connectivity index (χ2n) is 6.19. The van der Waals surface area contributed by atoms with E-state index < -0.39 is 0 Å². The zero-order chi connectivity index (χ0) is 16.2. The van der Waals surface area contributed by atoms with Crippen LogP contribution in [0.4, 0.5) is 4.79 Å². The van der Waals surface area contributed by atoms with Crippen LogP contribution in [-0.2, 0) is 0 Å². The Balaban J connectivity index is 1.60. The topological polar surface area (TPSA) is 71.3 Å². The van der Waals surface area contributed by atoms with E-state index in [1.807, 2.05) is 49.1 Å². The largest absolute Gasteiger partial charge is 0.339 e. The second kappa shape index (κ2) is 6.81. The van der Waals surface area contributed by atoms with Crippen molar-refractivity contribution in [2.24, 2.45) is 0 Å². The van der Waals surface area contributed by atoms with E-state index in [1.165, 1.54) is 0 Å². The Morgan fingerprint density at radius 3 is 2.61 bits per heavy atom. The number of carbonyl (C=O) groups excluding carboxylic acids is 1. The van der Waals surface area contributed by atoms with Gasteiger partial charge in [-0.15, -0.1) is 0 Å². The first-order valence-electron chi connectivity index (χ1n) is 8.08. The number of nitrogens with zero attached hydrogens (tertiary/aromatic N) is 3. The number of benzene rings is 1. The first-order chi connectivity index (χ1) is 11.1. The minimum absolute atomic E-state index is 0.00829.